The second-order valence-electron chi connectivity index (χ2n) is 3.19. The fourth-order valence-corrected chi connectivity index (χ4v) is 2.10. The van der Waals surface area contributed by atoms with E-state index in [2.05, 4.69) is 4.98 Å². The molecule has 17 heavy (non-hydrogen) atoms. The van der Waals surface area contributed by atoms with Gasteiger partial charge >= 0.3 is 0 Å². The molecule has 0 saturated heterocycles. The SMILES string of the molecule is Fc1ccc(-c2c(Cl)ccc(Cl)c2Cl)c(F)n1. The predicted octanol–water partition coefficient (Wildman–Crippen LogP) is 4.99. The molecule has 0 aliphatic rings. The molecular weight excluding hydrogens is 290 g/mol. The fourth-order valence-electron chi connectivity index (χ4n) is 1.37. The normalized spacial score (nSPS) is 10.6. The molecule has 1 nitrogen and oxygen atoms in total. The molecule has 0 N–H and O–H groups in total. The van der Waals surface area contributed by atoms with E-state index in [0.717, 1.165) is 6.07 Å². The summed E-state index contributed by atoms with van der Waals surface area (Å²) in [6, 6.07) is 5.20. The topological polar surface area (TPSA) is 12.9 Å². The van der Waals surface area contributed by atoms with Gasteiger partial charge in [-0.3, -0.25) is 0 Å². The Bertz CT molecular complexity index is 587. The van der Waals surface area contributed by atoms with Gasteiger partial charge in [-0.2, -0.15) is 13.8 Å². The summed E-state index contributed by atoms with van der Waals surface area (Å²) < 4.78 is 26.2. The van der Waals surface area contributed by atoms with Crippen LogP contribution >= 0.6 is 34.8 Å². The first-order chi connectivity index (χ1) is 8.00. The van der Waals surface area contributed by atoms with E-state index in [4.69, 9.17) is 34.8 Å². The van der Waals surface area contributed by atoms with Crippen LogP contribution in [0.1, 0.15) is 0 Å². The van der Waals surface area contributed by atoms with Gasteiger partial charge in [-0.25, -0.2) is 0 Å². The van der Waals surface area contributed by atoms with Gasteiger partial charge in [0.15, 0.2) is 0 Å². The lowest BCUT2D eigenvalue weighted by Gasteiger charge is -2.09. The molecule has 88 valence electrons. The maximum atomic E-state index is 13.5. The first kappa shape index (κ1) is 12.6. The molecule has 1 aromatic heterocycles. The summed E-state index contributed by atoms with van der Waals surface area (Å²) in [6.45, 7) is 0. The highest BCUT2D eigenvalue weighted by Crippen LogP contribution is 2.39. The standard InChI is InChI=1S/C11H4Cl3F2N/c12-6-2-3-7(13)10(14)9(6)5-1-4-8(15)17-11(5)16/h1-4H. The average Bonchev–Trinajstić information content (AvgIpc) is 2.27. The van der Waals surface area contributed by atoms with Crippen LogP contribution in [0, 0.1) is 11.9 Å². The molecule has 0 atom stereocenters. The number of pyridine rings is 1. The maximum Gasteiger partial charge on any atom is 0.223 e. The Kier molecular flexibility index (Phi) is 3.52. The van der Waals surface area contributed by atoms with Crippen molar-refractivity contribution in [3.8, 4) is 11.1 Å². The molecule has 2 rings (SSSR count). The Morgan fingerprint density at radius 3 is 2.18 bits per heavy atom. The summed E-state index contributed by atoms with van der Waals surface area (Å²) >= 11 is 17.7. The van der Waals surface area contributed by atoms with Crippen LogP contribution in [0.5, 0.6) is 0 Å². The van der Waals surface area contributed by atoms with Gasteiger partial charge in [0, 0.05) is 11.1 Å². The number of nitrogens with zero attached hydrogens (tertiary/aromatic N) is 1. The minimum Gasteiger partial charge on any atom is -0.190 e. The van der Waals surface area contributed by atoms with Gasteiger partial charge in [0.1, 0.15) is 0 Å². The molecular formula is C11H4Cl3F2N. The van der Waals surface area contributed by atoms with Gasteiger partial charge in [0.2, 0.25) is 11.9 Å². The lowest BCUT2D eigenvalue weighted by molar-refractivity contribution is 0.515. The summed E-state index contributed by atoms with van der Waals surface area (Å²) in [5.74, 6) is -1.91. The van der Waals surface area contributed by atoms with Crippen molar-refractivity contribution in [2.45, 2.75) is 0 Å². The van der Waals surface area contributed by atoms with E-state index in [9.17, 15) is 8.78 Å². The van der Waals surface area contributed by atoms with E-state index in [0.29, 0.717) is 0 Å². The van der Waals surface area contributed by atoms with Crippen molar-refractivity contribution >= 4 is 34.8 Å². The third-order valence-corrected chi connectivity index (χ3v) is 3.25. The zero-order valence-electron chi connectivity index (χ0n) is 8.15. The molecule has 0 amide bonds. The molecule has 1 heterocycles. The van der Waals surface area contributed by atoms with Crippen LogP contribution in [-0.4, -0.2) is 4.98 Å². The molecule has 0 unspecified atom stereocenters. The van der Waals surface area contributed by atoms with Crippen LogP contribution in [0.15, 0.2) is 24.3 Å². The number of hydrogen-bond acceptors (Lipinski definition) is 1. The van der Waals surface area contributed by atoms with Gasteiger partial charge in [0.25, 0.3) is 0 Å². The number of benzene rings is 1. The van der Waals surface area contributed by atoms with Crippen LogP contribution in [0.25, 0.3) is 11.1 Å². The van der Waals surface area contributed by atoms with Crippen molar-refractivity contribution in [1.82, 2.24) is 4.98 Å². The average molecular weight is 295 g/mol. The molecule has 1 aromatic carbocycles. The molecule has 0 aliphatic carbocycles. The Hall–Kier alpha value is -0.900. The second kappa shape index (κ2) is 4.77. The van der Waals surface area contributed by atoms with E-state index in [1.807, 2.05) is 0 Å². The zero-order valence-corrected chi connectivity index (χ0v) is 10.4. The van der Waals surface area contributed by atoms with Crippen molar-refractivity contribution in [2.75, 3.05) is 0 Å². The molecule has 0 spiro atoms. The molecule has 0 aliphatic heterocycles. The van der Waals surface area contributed by atoms with Crippen molar-refractivity contribution in [3.63, 3.8) is 0 Å². The smallest absolute Gasteiger partial charge is 0.190 e. The minimum atomic E-state index is -0.990. The molecule has 0 bridgehead atoms. The van der Waals surface area contributed by atoms with Gasteiger partial charge in [-0.05, 0) is 24.3 Å². The first-order valence-corrected chi connectivity index (χ1v) is 5.60. The number of halogens is 5. The van der Waals surface area contributed by atoms with Crippen molar-refractivity contribution in [2.24, 2.45) is 0 Å². The van der Waals surface area contributed by atoms with Gasteiger partial charge in [-0.1, -0.05) is 34.8 Å². The first-order valence-electron chi connectivity index (χ1n) is 4.46. The number of aromatic nitrogens is 1. The summed E-state index contributed by atoms with van der Waals surface area (Å²) in [6.07, 6.45) is 0. The highest BCUT2D eigenvalue weighted by atomic mass is 35.5. The Morgan fingerprint density at radius 1 is 0.882 bits per heavy atom. The molecule has 2 aromatic rings. The second-order valence-corrected chi connectivity index (χ2v) is 4.38. The molecule has 0 radical (unpaired) electrons. The zero-order chi connectivity index (χ0) is 12.6. The summed E-state index contributed by atoms with van der Waals surface area (Å²) in [7, 11) is 0. The number of rotatable bonds is 1. The van der Waals surface area contributed by atoms with E-state index in [1.165, 1.54) is 18.2 Å². The van der Waals surface area contributed by atoms with E-state index in [1.54, 1.807) is 0 Å². The third kappa shape index (κ3) is 2.37. The van der Waals surface area contributed by atoms with Crippen molar-refractivity contribution < 1.29 is 8.78 Å². The predicted molar refractivity (Wildman–Crippen MR) is 64.6 cm³/mol. The molecule has 0 fully saturated rings. The largest absolute Gasteiger partial charge is 0.223 e. The van der Waals surface area contributed by atoms with E-state index in [-0.39, 0.29) is 26.2 Å². The van der Waals surface area contributed by atoms with E-state index < -0.39 is 11.9 Å². The Labute approximate surface area is 111 Å². The van der Waals surface area contributed by atoms with Crippen LogP contribution in [0.2, 0.25) is 15.1 Å². The Morgan fingerprint density at radius 2 is 1.53 bits per heavy atom. The van der Waals surface area contributed by atoms with Gasteiger partial charge in [-0.15, -0.1) is 0 Å². The van der Waals surface area contributed by atoms with Crippen molar-refractivity contribution in [1.29, 1.82) is 0 Å². The van der Waals surface area contributed by atoms with Crippen LogP contribution in [0.3, 0.4) is 0 Å². The van der Waals surface area contributed by atoms with Gasteiger partial charge in [0.05, 0.1) is 15.1 Å². The van der Waals surface area contributed by atoms with Crippen molar-refractivity contribution in [3.05, 3.63) is 51.2 Å². The summed E-state index contributed by atoms with van der Waals surface area (Å²) in [5.41, 5.74) is 0.203. The lowest BCUT2D eigenvalue weighted by Crippen LogP contribution is -1.93. The third-order valence-electron chi connectivity index (χ3n) is 2.13. The van der Waals surface area contributed by atoms with E-state index >= 15 is 0 Å². The van der Waals surface area contributed by atoms with Crippen LogP contribution < -0.4 is 0 Å². The highest BCUT2D eigenvalue weighted by Gasteiger charge is 2.16. The lowest BCUT2D eigenvalue weighted by atomic mass is 10.1. The fraction of sp³-hybridized carbons (Fsp3) is 0. The summed E-state index contributed by atoms with van der Waals surface area (Å²) in [4.78, 5) is 3.07. The van der Waals surface area contributed by atoms with Gasteiger partial charge < -0.3 is 0 Å². The monoisotopic (exact) mass is 293 g/mol. The number of hydrogen-bond donors (Lipinski definition) is 0. The molecule has 0 saturated carbocycles. The maximum absolute atomic E-state index is 13.5. The van der Waals surface area contributed by atoms with Crippen LogP contribution in [-0.2, 0) is 0 Å². The quantitative estimate of drug-likeness (QED) is 0.533. The summed E-state index contributed by atoms with van der Waals surface area (Å²) in [5, 5.41) is 0.549. The minimum absolute atomic E-state index is 0.00361. The highest BCUT2D eigenvalue weighted by molar-refractivity contribution is 6.46. The Balaban J connectivity index is 2.72. The van der Waals surface area contributed by atoms with Crippen LogP contribution in [0.4, 0.5) is 8.78 Å². The molecule has 6 heteroatoms.